The highest BCUT2D eigenvalue weighted by Gasteiger charge is 2.08. The van der Waals surface area contributed by atoms with Crippen molar-refractivity contribution in [2.24, 2.45) is 5.10 Å². The molecule has 0 aromatic heterocycles. The van der Waals surface area contributed by atoms with Crippen LogP contribution in [0.3, 0.4) is 0 Å². The van der Waals surface area contributed by atoms with Crippen molar-refractivity contribution in [2.75, 3.05) is 7.11 Å². The smallest absolute Gasteiger partial charge is 0.335 e. The molecule has 1 amide bonds. The molecule has 7 heteroatoms. The van der Waals surface area contributed by atoms with Crippen LogP contribution >= 0.6 is 0 Å². The summed E-state index contributed by atoms with van der Waals surface area (Å²) in [6.45, 7) is 0.187. The molecule has 4 aromatic carbocycles. The van der Waals surface area contributed by atoms with Gasteiger partial charge in [-0.1, -0.05) is 42.5 Å². The van der Waals surface area contributed by atoms with Gasteiger partial charge in [0.25, 0.3) is 5.91 Å². The van der Waals surface area contributed by atoms with Crippen LogP contribution < -0.4 is 14.9 Å². The van der Waals surface area contributed by atoms with Gasteiger partial charge in [-0.3, -0.25) is 4.79 Å². The molecule has 0 heterocycles. The monoisotopic (exact) mass is 454 g/mol. The summed E-state index contributed by atoms with van der Waals surface area (Å²) in [6.07, 6.45) is 1.52. The summed E-state index contributed by atoms with van der Waals surface area (Å²) in [4.78, 5) is 23.6. The molecule has 0 saturated carbocycles. The Balaban J connectivity index is 1.40. The van der Waals surface area contributed by atoms with E-state index in [1.807, 2.05) is 36.4 Å². The predicted octanol–water partition coefficient (Wildman–Crippen LogP) is 4.89. The molecule has 0 aliphatic rings. The van der Waals surface area contributed by atoms with E-state index in [2.05, 4.69) is 10.5 Å². The number of ether oxygens (including phenoxy) is 2. The number of fused-ring (bicyclic) bond motifs is 1. The highest BCUT2D eigenvalue weighted by atomic mass is 16.5. The van der Waals surface area contributed by atoms with E-state index in [1.54, 1.807) is 42.5 Å². The first kappa shape index (κ1) is 22.5. The number of aromatic carboxylic acids is 1. The molecule has 34 heavy (non-hydrogen) atoms. The second kappa shape index (κ2) is 10.3. The molecule has 7 nitrogen and oxygen atoms in total. The second-order valence-corrected chi connectivity index (χ2v) is 7.47. The summed E-state index contributed by atoms with van der Waals surface area (Å²) < 4.78 is 11.2. The fraction of sp³-hybridized carbons (Fsp3) is 0.0741. The van der Waals surface area contributed by atoms with Crippen LogP contribution in [0.4, 0.5) is 0 Å². The minimum Gasteiger partial charge on any atom is -0.493 e. The lowest BCUT2D eigenvalue weighted by atomic mass is 10.1. The van der Waals surface area contributed by atoms with Crippen molar-refractivity contribution >= 4 is 28.9 Å². The molecular formula is C27H22N2O5. The Labute approximate surface area is 196 Å². The molecule has 0 unspecified atom stereocenters. The lowest BCUT2D eigenvalue weighted by Crippen LogP contribution is -2.17. The van der Waals surface area contributed by atoms with Crippen LogP contribution in [0.2, 0.25) is 0 Å². The number of rotatable bonds is 8. The number of nitrogens with zero attached hydrogens (tertiary/aromatic N) is 1. The molecule has 0 bridgehead atoms. The van der Waals surface area contributed by atoms with Gasteiger partial charge < -0.3 is 14.6 Å². The van der Waals surface area contributed by atoms with E-state index in [0.717, 1.165) is 16.3 Å². The maximum Gasteiger partial charge on any atom is 0.335 e. The Kier molecular flexibility index (Phi) is 6.84. The molecule has 0 saturated heterocycles. The summed E-state index contributed by atoms with van der Waals surface area (Å²) in [5.74, 6) is -0.312. The zero-order valence-electron chi connectivity index (χ0n) is 18.4. The number of methoxy groups -OCH3 is 1. The summed E-state index contributed by atoms with van der Waals surface area (Å²) in [6, 6.07) is 25.1. The third kappa shape index (κ3) is 5.39. The fourth-order valence-electron chi connectivity index (χ4n) is 3.40. The van der Waals surface area contributed by atoms with Gasteiger partial charge in [0.15, 0.2) is 11.5 Å². The molecule has 4 aromatic rings. The number of hydrazone groups is 1. The van der Waals surface area contributed by atoms with Crippen molar-refractivity contribution in [3.8, 4) is 11.5 Å². The summed E-state index contributed by atoms with van der Waals surface area (Å²) >= 11 is 0. The maximum atomic E-state index is 12.4. The van der Waals surface area contributed by atoms with Gasteiger partial charge in [-0.25, -0.2) is 10.2 Å². The summed E-state index contributed by atoms with van der Waals surface area (Å²) in [5.41, 5.74) is 4.68. The zero-order valence-corrected chi connectivity index (χ0v) is 18.4. The topological polar surface area (TPSA) is 97.2 Å². The van der Waals surface area contributed by atoms with Gasteiger partial charge in [0.2, 0.25) is 0 Å². The first-order valence-electron chi connectivity index (χ1n) is 10.5. The molecule has 4 rings (SSSR count). The maximum absolute atomic E-state index is 12.4. The summed E-state index contributed by atoms with van der Waals surface area (Å²) in [5, 5.41) is 15.2. The first-order chi connectivity index (χ1) is 16.5. The van der Waals surface area contributed by atoms with E-state index in [9.17, 15) is 9.59 Å². The molecule has 0 aliphatic carbocycles. The largest absolute Gasteiger partial charge is 0.493 e. The fourth-order valence-corrected chi connectivity index (χ4v) is 3.40. The molecule has 0 fully saturated rings. The zero-order chi connectivity index (χ0) is 23.9. The van der Waals surface area contributed by atoms with Crippen molar-refractivity contribution in [1.82, 2.24) is 5.43 Å². The number of hydrogen-bond acceptors (Lipinski definition) is 5. The van der Waals surface area contributed by atoms with Crippen LogP contribution in [0.25, 0.3) is 10.8 Å². The average Bonchev–Trinajstić information content (AvgIpc) is 2.87. The number of carbonyl (C=O) groups excluding carboxylic acids is 1. The third-order valence-electron chi connectivity index (χ3n) is 5.15. The molecule has 0 spiro atoms. The predicted molar refractivity (Wildman–Crippen MR) is 130 cm³/mol. The summed E-state index contributed by atoms with van der Waals surface area (Å²) in [7, 11) is 1.52. The Morgan fingerprint density at radius 3 is 2.50 bits per heavy atom. The van der Waals surface area contributed by atoms with Gasteiger partial charge in [0.05, 0.1) is 18.9 Å². The number of carboxylic acid groups (broad SMARTS) is 1. The van der Waals surface area contributed by atoms with E-state index in [4.69, 9.17) is 14.6 Å². The molecule has 0 atom stereocenters. The standard InChI is InChI=1S/C27H22N2O5/c1-33-25-14-18(9-12-24(25)34-17-19-5-4-8-23(13-19)27(31)32)16-28-29-26(30)22-11-10-20-6-2-3-7-21(20)15-22/h2-16H,17H2,1H3,(H,29,30)(H,31,32)/b28-16-. The lowest BCUT2D eigenvalue weighted by Gasteiger charge is -2.11. The lowest BCUT2D eigenvalue weighted by molar-refractivity contribution is 0.0696. The number of hydrogen-bond donors (Lipinski definition) is 2. The van der Waals surface area contributed by atoms with E-state index in [-0.39, 0.29) is 18.1 Å². The Hall–Kier alpha value is -4.65. The van der Waals surface area contributed by atoms with E-state index < -0.39 is 5.97 Å². The minimum absolute atomic E-state index is 0.187. The van der Waals surface area contributed by atoms with Gasteiger partial charge in [0.1, 0.15) is 6.61 Å². The van der Waals surface area contributed by atoms with Crippen LogP contribution in [0.5, 0.6) is 11.5 Å². The van der Waals surface area contributed by atoms with Crippen LogP contribution in [0, 0.1) is 0 Å². The quantitative estimate of drug-likeness (QED) is 0.292. The number of nitrogens with one attached hydrogen (secondary N) is 1. The first-order valence-corrected chi connectivity index (χ1v) is 10.5. The SMILES string of the molecule is COc1cc(/C=N\NC(=O)c2ccc3ccccc3c2)ccc1OCc1cccc(C(=O)O)c1. The van der Waals surface area contributed by atoms with Crippen molar-refractivity contribution in [2.45, 2.75) is 6.61 Å². The van der Waals surface area contributed by atoms with Gasteiger partial charge >= 0.3 is 5.97 Å². The van der Waals surface area contributed by atoms with E-state index in [0.29, 0.717) is 22.6 Å². The van der Waals surface area contributed by atoms with Crippen LogP contribution in [0.15, 0.2) is 90.0 Å². The normalized spacial score (nSPS) is 10.9. The van der Waals surface area contributed by atoms with Crippen molar-refractivity contribution in [3.05, 3.63) is 107 Å². The van der Waals surface area contributed by atoms with Gasteiger partial charge in [-0.15, -0.1) is 0 Å². The third-order valence-corrected chi connectivity index (χ3v) is 5.15. The molecule has 2 N–H and O–H groups in total. The molecular weight excluding hydrogens is 432 g/mol. The minimum atomic E-state index is -0.990. The van der Waals surface area contributed by atoms with Crippen molar-refractivity contribution in [1.29, 1.82) is 0 Å². The molecule has 170 valence electrons. The highest BCUT2D eigenvalue weighted by Crippen LogP contribution is 2.28. The number of benzene rings is 4. The van der Waals surface area contributed by atoms with Crippen LogP contribution in [0.1, 0.15) is 31.8 Å². The Morgan fingerprint density at radius 2 is 1.71 bits per heavy atom. The number of carboxylic acids is 1. The Bertz CT molecular complexity index is 1380. The van der Waals surface area contributed by atoms with Crippen LogP contribution in [-0.4, -0.2) is 30.3 Å². The molecule has 0 radical (unpaired) electrons. The van der Waals surface area contributed by atoms with E-state index >= 15 is 0 Å². The second-order valence-electron chi connectivity index (χ2n) is 7.47. The number of amides is 1. The van der Waals surface area contributed by atoms with Gasteiger partial charge in [0, 0.05) is 5.56 Å². The van der Waals surface area contributed by atoms with Crippen LogP contribution in [-0.2, 0) is 6.61 Å². The van der Waals surface area contributed by atoms with Gasteiger partial charge in [-0.2, -0.15) is 5.10 Å². The molecule has 0 aliphatic heterocycles. The van der Waals surface area contributed by atoms with Crippen molar-refractivity contribution < 1.29 is 24.2 Å². The van der Waals surface area contributed by atoms with Gasteiger partial charge in [-0.05, 0) is 64.4 Å². The van der Waals surface area contributed by atoms with E-state index in [1.165, 1.54) is 19.4 Å². The number of carbonyl (C=O) groups is 2. The van der Waals surface area contributed by atoms with Crippen molar-refractivity contribution in [3.63, 3.8) is 0 Å². The average molecular weight is 454 g/mol. The Morgan fingerprint density at radius 1 is 0.882 bits per heavy atom. The highest BCUT2D eigenvalue weighted by molar-refractivity contribution is 5.99.